The molecule has 0 aromatic carbocycles. The van der Waals surface area contributed by atoms with Crippen molar-refractivity contribution in [1.82, 2.24) is 4.98 Å². The molecule has 0 spiro atoms. The Morgan fingerprint density at radius 3 is 3.00 bits per heavy atom. The minimum Gasteiger partial charge on any atom is -0.469 e. The Morgan fingerprint density at radius 1 is 1.67 bits per heavy atom. The van der Waals surface area contributed by atoms with Crippen molar-refractivity contribution in [2.24, 2.45) is 5.92 Å². The molecule has 0 amide bonds. The van der Waals surface area contributed by atoms with Gasteiger partial charge in [0.15, 0.2) is 0 Å². The maximum Gasteiger partial charge on any atom is 0.312 e. The molecule has 0 N–H and O–H groups in total. The molecule has 0 saturated carbocycles. The van der Waals surface area contributed by atoms with Gasteiger partial charge in [-0.2, -0.15) is 0 Å². The van der Waals surface area contributed by atoms with Crippen molar-refractivity contribution in [3.05, 3.63) is 23.4 Å². The number of nitrogens with zero attached hydrogens (tertiary/aromatic N) is 2. The van der Waals surface area contributed by atoms with Crippen LogP contribution >= 0.6 is 11.6 Å². The summed E-state index contributed by atoms with van der Waals surface area (Å²) in [6.07, 6.45) is 1.69. The van der Waals surface area contributed by atoms with Gasteiger partial charge in [0.1, 0.15) is 5.82 Å². The fraction of sp³-hybridized carbons (Fsp3) is 0.400. The third-order valence-electron chi connectivity index (χ3n) is 2.45. The minimum atomic E-state index is -0.168. The van der Waals surface area contributed by atoms with Gasteiger partial charge in [-0.1, -0.05) is 11.6 Å². The zero-order valence-electron chi connectivity index (χ0n) is 8.31. The molecular formula is C10H11ClN2O2. The van der Waals surface area contributed by atoms with Gasteiger partial charge in [0.25, 0.3) is 0 Å². The van der Waals surface area contributed by atoms with Crippen LogP contribution in [0.3, 0.4) is 0 Å². The van der Waals surface area contributed by atoms with Crippen molar-refractivity contribution in [3.8, 4) is 0 Å². The van der Waals surface area contributed by atoms with E-state index in [2.05, 4.69) is 9.72 Å². The van der Waals surface area contributed by atoms with Crippen LogP contribution in [0, 0.1) is 5.92 Å². The molecular weight excluding hydrogens is 216 g/mol. The average Bonchev–Trinajstić information content (AvgIpc) is 2.18. The van der Waals surface area contributed by atoms with Gasteiger partial charge >= 0.3 is 5.97 Å². The molecule has 1 fully saturated rings. The Bertz CT molecular complexity index is 377. The molecule has 15 heavy (non-hydrogen) atoms. The van der Waals surface area contributed by atoms with E-state index < -0.39 is 0 Å². The monoisotopic (exact) mass is 226 g/mol. The molecule has 4 nitrogen and oxygen atoms in total. The number of hydrogen-bond donors (Lipinski definition) is 0. The highest BCUT2D eigenvalue weighted by Gasteiger charge is 2.34. The van der Waals surface area contributed by atoms with E-state index in [0.717, 1.165) is 5.82 Å². The molecule has 0 bridgehead atoms. The van der Waals surface area contributed by atoms with Crippen LogP contribution in [-0.2, 0) is 9.53 Å². The second-order valence-electron chi connectivity index (χ2n) is 3.43. The average molecular weight is 227 g/mol. The third kappa shape index (κ3) is 1.90. The first-order valence-corrected chi connectivity index (χ1v) is 5.03. The number of carbonyl (C=O) groups is 1. The molecule has 0 aliphatic carbocycles. The highest BCUT2D eigenvalue weighted by atomic mass is 35.5. The Balaban J connectivity index is 2.00. The topological polar surface area (TPSA) is 42.4 Å². The molecule has 2 rings (SSSR count). The number of ether oxygens (including phenoxy) is 1. The van der Waals surface area contributed by atoms with Gasteiger partial charge in [-0.3, -0.25) is 4.79 Å². The lowest BCUT2D eigenvalue weighted by Gasteiger charge is -2.38. The highest BCUT2D eigenvalue weighted by molar-refractivity contribution is 6.32. The van der Waals surface area contributed by atoms with Crippen LogP contribution in [0.15, 0.2) is 18.3 Å². The van der Waals surface area contributed by atoms with Crippen LogP contribution in [0.4, 0.5) is 5.82 Å². The van der Waals surface area contributed by atoms with Gasteiger partial charge in [-0.25, -0.2) is 4.98 Å². The zero-order valence-corrected chi connectivity index (χ0v) is 9.07. The summed E-state index contributed by atoms with van der Waals surface area (Å²) >= 11 is 5.97. The Hall–Kier alpha value is -1.29. The molecule has 0 unspecified atom stereocenters. The molecule has 1 aromatic heterocycles. The minimum absolute atomic E-state index is 0.0481. The van der Waals surface area contributed by atoms with E-state index >= 15 is 0 Å². The van der Waals surface area contributed by atoms with Gasteiger partial charge in [-0.05, 0) is 12.1 Å². The van der Waals surface area contributed by atoms with Crippen molar-refractivity contribution < 1.29 is 9.53 Å². The van der Waals surface area contributed by atoms with Crippen molar-refractivity contribution in [2.45, 2.75) is 0 Å². The van der Waals surface area contributed by atoms with Gasteiger partial charge in [-0.15, -0.1) is 0 Å². The van der Waals surface area contributed by atoms with Crippen molar-refractivity contribution in [2.75, 3.05) is 25.1 Å². The van der Waals surface area contributed by atoms with Gasteiger partial charge < -0.3 is 9.64 Å². The van der Waals surface area contributed by atoms with E-state index in [1.165, 1.54) is 7.11 Å². The number of esters is 1. The summed E-state index contributed by atoms with van der Waals surface area (Å²) < 4.78 is 4.65. The number of carbonyl (C=O) groups excluding carboxylic acids is 1. The Kier molecular flexibility index (Phi) is 2.77. The highest BCUT2D eigenvalue weighted by Crippen LogP contribution is 2.29. The fourth-order valence-electron chi connectivity index (χ4n) is 1.58. The molecule has 0 radical (unpaired) electrons. The molecule has 1 aliphatic heterocycles. The summed E-state index contributed by atoms with van der Waals surface area (Å²) in [7, 11) is 1.40. The number of rotatable bonds is 2. The molecule has 1 saturated heterocycles. The lowest BCUT2D eigenvalue weighted by molar-refractivity contribution is -0.146. The standard InChI is InChI=1S/C10H11ClN2O2/c1-15-10(14)7-5-13(6-7)9-8(11)3-2-4-12-9/h2-4,7H,5-6H2,1H3. The summed E-state index contributed by atoms with van der Waals surface area (Å²) in [6.45, 7) is 1.26. The van der Waals surface area contributed by atoms with Crippen LogP contribution in [0.2, 0.25) is 5.02 Å². The van der Waals surface area contributed by atoms with E-state index in [1.807, 2.05) is 4.90 Å². The zero-order chi connectivity index (χ0) is 10.8. The van der Waals surface area contributed by atoms with Gasteiger partial charge in [0.05, 0.1) is 18.1 Å². The first kappa shape index (κ1) is 10.2. The number of methoxy groups -OCH3 is 1. The second-order valence-corrected chi connectivity index (χ2v) is 3.84. The predicted molar refractivity (Wildman–Crippen MR) is 57.0 cm³/mol. The van der Waals surface area contributed by atoms with Crippen LogP contribution in [-0.4, -0.2) is 31.2 Å². The van der Waals surface area contributed by atoms with E-state index in [4.69, 9.17) is 11.6 Å². The second kappa shape index (κ2) is 4.06. The summed E-state index contributed by atoms with van der Waals surface area (Å²) in [5.41, 5.74) is 0. The van der Waals surface area contributed by atoms with E-state index in [9.17, 15) is 4.79 Å². The van der Waals surface area contributed by atoms with Crippen molar-refractivity contribution in [1.29, 1.82) is 0 Å². The Labute approximate surface area is 92.8 Å². The van der Waals surface area contributed by atoms with E-state index in [1.54, 1.807) is 18.3 Å². The lowest BCUT2D eigenvalue weighted by atomic mass is 10.0. The summed E-state index contributed by atoms with van der Waals surface area (Å²) in [6, 6.07) is 3.57. The molecule has 1 aromatic rings. The summed E-state index contributed by atoms with van der Waals surface area (Å²) in [5, 5.41) is 0.612. The molecule has 2 heterocycles. The van der Waals surface area contributed by atoms with Crippen LogP contribution in [0.25, 0.3) is 0 Å². The van der Waals surface area contributed by atoms with Gasteiger partial charge in [0, 0.05) is 19.3 Å². The largest absolute Gasteiger partial charge is 0.469 e. The summed E-state index contributed by atoms with van der Waals surface area (Å²) in [5.74, 6) is 0.519. The van der Waals surface area contributed by atoms with Crippen LogP contribution < -0.4 is 4.90 Å². The first-order valence-electron chi connectivity index (χ1n) is 4.65. The SMILES string of the molecule is COC(=O)C1CN(c2ncccc2Cl)C1. The number of pyridine rings is 1. The van der Waals surface area contributed by atoms with Crippen molar-refractivity contribution in [3.63, 3.8) is 0 Å². The maximum absolute atomic E-state index is 11.2. The smallest absolute Gasteiger partial charge is 0.312 e. The first-order chi connectivity index (χ1) is 7.22. The number of anilines is 1. The predicted octanol–water partition coefficient (Wildman–Crippen LogP) is 1.34. The normalized spacial score (nSPS) is 16.0. The maximum atomic E-state index is 11.2. The van der Waals surface area contributed by atoms with Crippen LogP contribution in [0.5, 0.6) is 0 Å². The molecule has 80 valence electrons. The quantitative estimate of drug-likeness (QED) is 0.714. The van der Waals surface area contributed by atoms with Crippen LogP contribution in [0.1, 0.15) is 0 Å². The molecule has 5 heteroatoms. The fourth-order valence-corrected chi connectivity index (χ4v) is 1.82. The third-order valence-corrected chi connectivity index (χ3v) is 2.75. The van der Waals surface area contributed by atoms with Crippen molar-refractivity contribution >= 4 is 23.4 Å². The Morgan fingerprint density at radius 2 is 2.40 bits per heavy atom. The van der Waals surface area contributed by atoms with E-state index in [0.29, 0.717) is 18.1 Å². The molecule has 0 atom stereocenters. The number of aromatic nitrogens is 1. The number of halogens is 1. The lowest BCUT2D eigenvalue weighted by Crippen LogP contribution is -2.51. The van der Waals surface area contributed by atoms with Gasteiger partial charge in [0.2, 0.25) is 0 Å². The molecule has 1 aliphatic rings. The summed E-state index contributed by atoms with van der Waals surface area (Å²) in [4.78, 5) is 17.3. The number of hydrogen-bond acceptors (Lipinski definition) is 4. The van der Waals surface area contributed by atoms with E-state index in [-0.39, 0.29) is 11.9 Å².